The number of amides is 2. The number of carbonyl (C=O) groups excluding carboxylic acids is 2. The van der Waals surface area contributed by atoms with Gasteiger partial charge in [0.25, 0.3) is 11.8 Å². The number of rotatable bonds is 6. The van der Waals surface area contributed by atoms with Crippen molar-refractivity contribution in [2.45, 2.75) is 19.2 Å². The molecule has 9 nitrogen and oxygen atoms in total. The molecule has 1 aromatic heterocycles. The zero-order valence-corrected chi connectivity index (χ0v) is 18.7. The number of hydrogen-bond acceptors (Lipinski definition) is 5. The van der Waals surface area contributed by atoms with E-state index in [9.17, 15) is 36.3 Å². The predicted octanol–water partition coefficient (Wildman–Crippen LogP) is 2.93. The minimum Gasteiger partial charge on any atom is -0.480 e. The molecule has 0 spiro atoms. The molecule has 3 rings (SSSR count). The summed E-state index contributed by atoms with van der Waals surface area (Å²) in [4.78, 5) is 37.1. The molecule has 3 aromatic rings. The van der Waals surface area contributed by atoms with Crippen LogP contribution < -0.4 is 21.1 Å². The van der Waals surface area contributed by atoms with Crippen molar-refractivity contribution in [1.82, 2.24) is 19.7 Å². The van der Waals surface area contributed by atoms with E-state index in [1.54, 1.807) is 0 Å². The summed E-state index contributed by atoms with van der Waals surface area (Å²) in [5, 5.41) is 7.71. The second-order valence-corrected chi connectivity index (χ2v) is 7.31. The topological polar surface area (TPSA) is 107 Å². The molecule has 1 atom stereocenters. The quantitative estimate of drug-likeness (QED) is 0.489. The van der Waals surface area contributed by atoms with Crippen molar-refractivity contribution < 1.29 is 40.7 Å². The Labute approximate surface area is 198 Å². The van der Waals surface area contributed by atoms with Crippen molar-refractivity contribution in [3.63, 3.8) is 0 Å². The highest BCUT2D eigenvalue weighted by molar-refractivity contribution is 6.06. The number of ether oxygens (including phenoxy) is 1. The lowest BCUT2D eigenvalue weighted by atomic mass is 10.1. The number of alkyl halides is 3. The smallest absolute Gasteiger partial charge is 0.425 e. The van der Waals surface area contributed by atoms with E-state index in [1.165, 1.54) is 7.05 Å². The lowest BCUT2D eigenvalue weighted by Gasteiger charge is -2.20. The van der Waals surface area contributed by atoms with Crippen LogP contribution in [0.4, 0.5) is 32.0 Å². The van der Waals surface area contributed by atoms with Crippen molar-refractivity contribution in [3.05, 3.63) is 69.7 Å². The maximum absolute atomic E-state index is 15.0. The van der Waals surface area contributed by atoms with Gasteiger partial charge in [-0.05, 0) is 25.1 Å². The second-order valence-electron chi connectivity index (χ2n) is 7.31. The molecule has 0 aliphatic carbocycles. The van der Waals surface area contributed by atoms with Crippen LogP contribution in [-0.4, -0.2) is 45.5 Å². The second kappa shape index (κ2) is 9.75. The molecule has 1 unspecified atom stereocenters. The zero-order valence-electron chi connectivity index (χ0n) is 18.7. The summed E-state index contributed by atoms with van der Waals surface area (Å²) < 4.78 is 88.3. The Bertz CT molecular complexity index is 1380. The van der Waals surface area contributed by atoms with E-state index in [0.29, 0.717) is 23.7 Å². The minimum atomic E-state index is -4.92. The molecule has 36 heavy (non-hydrogen) atoms. The van der Waals surface area contributed by atoms with Crippen LogP contribution >= 0.6 is 0 Å². The average Bonchev–Trinajstić information content (AvgIpc) is 3.10. The van der Waals surface area contributed by atoms with Crippen LogP contribution in [0.25, 0.3) is 5.69 Å². The highest BCUT2D eigenvalue weighted by atomic mass is 19.4. The fourth-order valence-corrected chi connectivity index (χ4v) is 2.94. The lowest BCUT2D eigenvalue weighted by Crippen LogP contribution is -2.32. The van der Waals surface area contributed by atoms with Crippen LogP contribution in [0.15, 0.2) is 35.1 Å². The number of benzene rings is 2. The number of carbonyl (C=O) groups is 2. The summed E-state index contributed by atoms with van der Waals surface area (Å²) in [6, 6.07) is 3.60. The van der Waals surface area contributed by atoms with Gasteiger partial charge in [0, 0.05) is 20.2 Å². The predicted molar refractivity (Wildman–Crippen MR) is 113 cm³/mol. The standard InChI is InChI=1S/C21H17F6N5O4/c1-9(21(25,26)27)36-15-8-14(32-20(35)31(3)17(30-32)19(34)28-2)13(24)7-10(15)18(33)29-16-11(22)5-4-6-12(16)23/h4-9H,1-3H3,(H,28,34)(H,29,33). The van der Waals surface area contributed by atoms with Crippen LogP contribution in [0.3, 0.4) is 0 Å². The highest BCUT2D eigenvalue weighted by Crippen LogP contribution is 2.31. The normalized spacial score (nSPS) is 12.2. The van der Waals surface area contributed by atoms with Gasteiger partial charge in [0.2, 0.25) is 5.82 Å². The number of hydrogen-bond donors (Lipinski definition) is 2. The van der Waals surface area contributed by atoms with Gasteiger partial charge in [0.1, 0.15) is 34.6 Å². The van der Waals surface area contributed by atoms with Crippen LogP contribution in [0, 0.1) is 17.5 Å². The molecule has 2 aromatic carbocycles. The largest absolute Gasteiger partial charge is 0.480 e. The first-order chi connectivity index (χ1) is 16.8. The van der Waals surface area contributed by atoms with E-state index < -0.39 is 75.7 Å². The summed E-state index contributed by atoms with van der Waals surface area (Å²) in [6.45, 7) is 0.595. The first-order valence-electron chi connectivity index (χ1n) is 9.97. The van der Waals surface area contributed by atoms with Gasteiger partial charge in [-0.15, -0.1) is 5.10 Å². The number of para-hydroxylation sites is 1. The van der Waals surface area contributed by atoms with Gasteiger partial charge in [0.15, 0.2) is 6.10 Å². The third kappa shape index (κ3) is 5.04. The van der Waals surface area contributed by atoms with Crippen molar-refractivity contribution in [2.75, 3.05) is 12.4 Å². The van der Waals surface area contributed by atoms with E-state index >= 15 is 4.39 Å². The fourth-order valence-electron chi connectivity index (χ4n) is 2.94. The highest BCUT2D eigenvalue weighted by Gasteiger charge is 2.39. The van der Waals surface area contributed by atoms with Crippen molar-refractivity contribution in [2.24, 2.45) is 7.05 Å². The van der Waals surface area contributed by atoms with Gasteiger partial charge in [-0.2, -0.15) is 17.9 Å². The number of aromatic nitrogens is 3. The van der Waals surface area contributed by atoms with Crippen molar-refractivity contribution >= 4 is 17.5 Å². The van der Waals surface area contributed by atoms with Gasteiger partial charge >= 0.3 is 11.9 Å². The SMILES string of the molecule is CNC(=O)c1nn(-c2cc(OC(C)C(F)(F)F)c(C(=O)Nc3c(F)cccc3F)cc2F)c(=O)n1C. The summed E-state index contributed by atoms with van der Waals surface area (Å²) >= 11 is 0. The lowest BCUT2D eigenvalue weighted by molar-refractivity contribution is -0.189. The molecule has 0 saturated carbocycles. The molecule has 192 valence electrons. The Hall–Kier alpha value is -4.30. The molecule has 2 amide bonds. The first kappa shape index (κ1) is 26.3. The van der Waals surface area contributed by atoms with E-state index in [4.69, 9.17) is 4.74 Å². The molecular weight excluding hydrogens is 500 g/mol. The molecule has 0 bridgehead atoms. The van der Waals surface area contributed by atoms with Gasteiger partial charge in [-0.1, -0.05) is 6.07 Å². The first-order valence-corrected chi connectivity index (χ1v) is 9.97. The molecule has 0 saturated heterocycles. The monoisotopic (exact) mass is 517 g/mol. The molecule has 15 heteroatoms. The minimum absolute atomic E-state index is 0.378. The van der Waals surface area contributed by atoms with Crippen LogP contribution in [0.1, 0.15) is 27.9 Å². The van der Waals surface area contributed by atoms with Crippen molar-refractivity contribution in [3.8, 4) is 11.4 Å². The molecule has 0 radical (unpaired) electrons. The van der Waals surface area contributed by atoms with Gasteiger partial charge in [-0.25, -0.2) is 18.0 Å². The van der Waals surface area contributed by atoms with Gasteiger partial charge in [0.05, 0.1) is 5.56 Å². The zero-order chi connectivity index (χ0) is 26.9. The number of nitrogens with zero attached hydrogens (tertiary/aromatic N) is 3. The third-order valence-electron chi connectivity index (χ3n) is 4.90. The van der Waals surface area contributed by atoms with Gasteiger partial charge < -0.3 is 15.4 Å². The summed E-state index contributed by atoms with van der Waals surface area (Å²) in [5.74, 6) is -7.31. The van der Waals surface area contributed by atoms with Crippen molar-refractivity contribution in [1.29, 1.82) is 0 Å². The summed E-state index contributed by atoms with van der Waals surface area (Å²) in [7, 11) is 2.38. The van der Waals surface area contributed by atoms with Gasteiger partial charge in [-0.3, -0.25) is 14.2 Å². The fraction of sp³-hybridized carbons (Fsp3) is 0.238. The molecular formula is C21H17F6N5O4. The Morgan fingerprint density at radius 1 is 1.06 bits per heavy atom. The van der Waals surface area contributed by atoms with E-state index in [1.807, 2.05) is 5.32 Å². The maximum atomic E-state index is 15.0. The van der Waals surface area contributed by atoms with E-state index in [0.717, 1.165) is 29.8 Å². The van der Waals surface area contributed by atoms with Crippen LogP contribution in [-0.2, 0) is 7.05 Å². The third-order valence-corrected chi connectivity index (χ3v) is 4.90. The summed E-state index contributed by atoms with van der Waals surface area (Å²) in [5.41, 5.74) is -3.61. The Balaban J connectivity index is 2.16. The van der Waals surface area contributed by atoms with E-state index in [2.05, 4.69) is 10.4 Å². The Morgan fingerprint density at radius 2 is 1.67 bits per heavy atom. The van der Waals surface area contributed by atoms with Crippen LogP contribution in [0.5, 0.6) is 5.75 Å². The molecule has 0 aliphatic heterocycles. The number of nitrogens with one attached hydrogen (secondary N) is 2. The number of anilines is 1. The molecule has 0 fully saturated rings. The molecule has 1 heterocycles. The average molecular weight is 517 g/mol. The van der Waals surface area contributed by atoms with E-state index in [-0.39, 0.29) is 0 Å². The summed E-state index contributed by atoms with van der Waals surface area (Å²) in [6.07, 6.45) is -7.44. The molecule has 2 N–H and O–H groups in total. The number of halogens is 6. The van der Waals surface area contributed by atoms with Crippen LogP contribution in [0.2, 0.25) is 0 Å². The maximum Gasteiger partial charge on any atom is 0.425 e. The Morgan fingerprint density at radius 3 is 2.22 bits per heavy atom. The Kier molecular flexibility index (Phi) is 7.13. The molecule has 0 aliphatic rings.